The zero-order valence-corrected chi connectivity index (χ0v) is 13.4. The first-order chi connectivity index (χ1) is 11.5. The molecule has 24 heavy (non-hydrogen) atoms. The minimum atomic E-state index is -0.814. The van der Waals surface area contributed by atoms with Gasteiger partial charge in [-0.1, -0.05) is 0 Å². The fraction of sp³-hybridized carbons (Fsp3) is 0.235. The molecular weight excluding hydrogens is 318 g/mol. The zero-order chi connectivity index (χ0) is 17.5. The third-order valence-corrected chi connectivity index (χ3v) is 3.28. The third kappa shape index (κ3) is 4.58. The summed E-state index contributed by atoms with van der Waals surface area (Å²) < 4.78 is 36.7. The Morgan fingerprint density at radius 1 is 1.04 bits per heavy atom. The molecule has 2 rings (SSSR count). The zero-order valence-electron chi connectivity index (χ0n) is 13.4. The van der Waals surface area contributed by atoms with E-state index in [2.05, 4.69) is 10.6 Å². The summed E-state index contributed by atoms with van der Waals surface area (Å²) in [5.74, 6) is -0.644. The van der Waals surface area contributed by atoms with Gasteiger partial charge in [0.15, 0.2) is 0 Å². The summed E-state index contributed by atoms with van der Waals surface area (Å²) >= 11 is 0. The third-order valence-electron chi connectivity index (χ3n) is 3.28. The number of anilines is 2. The molecule has 0 radical (unpaired) electrons. The van der Waals surface area contributed by atoms with Gasteiger partial charge < -0.3 is 20.1 Å². The van der Waals surface area contributed by atoms with Crippen LogP contribution in [0.1, 0.15) is 6.42 Å². The second-order valence-electron chi connectivity index (χ2n) is 4.92. The second kappa shape index (κ2) is 8.14. The van der Waals surface area contributed by atoms with E-state index in [1.165, 1.54) is 13.2 Å². The van der Waals surface area contributed by atoms with Gasteiger partial charge in [0.2, 0.25) is 5.91 Å². The Labute approximate surface area is 138 Å². The van der Waals surface area contributed by atoms with Crippen LogP contribution < -0.4 is 20.1 Å². The van der Waals surface area contributed by atoms with Crippen LogP contribution >= 0.6 is 0 Å². The molecule has 0 bridgehead atoms. The van der Waals surface area contributed by atoms with Gasteiger partial charge in [0.05, 0.1) is 25.6 Å². The summed E-state index contributed by atoms with van der Waals surface area (Å²) in [6, 6.07) is 8.23. The highest BCUT2D eigenvalue weighted by atomic mass is 19.1. The lowest BCUT2D eigenvalue weighted by atomic mass is 10.2. The number of nitrogens with one attached hydrogen (secondary N) is 2. The number of halogens is 2. The number of benzene rings is 2. The first-order valence-corrected chi connectivity index (χ1v) is 7.24. The van der Waals surface area contributed by atoms with Crippen molar-refractivity contribution in [3.63, 3.8) is 0 Å². The maximum Gasteiger partial charge on any atom is 0.226 e. The predicted octanol–water partition coefficient (Wildman–Crippen LogP) is 3.42. The molecule has 0 heterocycles. The van der Waals surface area contributed by atoms with E-state index in [1.54, 1.807) is 25.3 Å². The molecule has 1 amide bonds. The number of hydrogen-bond acceptors (Lipinski definition) is 4. The number of carbonyl (C=O) groups excluding carboxylic acids is 1. The molecule has 5 nitrogen and oxygen atoms in total. The number of hydrogen-bond donors (Lipinski definition) is 2. The van der Waals surface area contributed by atoms with Crippen molar-refractivity contribution in [2.75, 3.05) is 31.4 Å². The van der Waals surface area contributed by atoms with Crippen molar-refractivity contribution in [2.24, 2.45) is 0 Å². The first-order valence-electron chi connectivity index (χ1n) is 7.24. The summed E-state index contributed by atoms with van der Waals surface area (Å²) in [6.07, 6.45) is 0.0944. The number of ether oxygens (including phenoxy) is 2. The SMILES string of the molecule is COc1ccc(OC)c(NCCC(=O)Nc2ccc(F)cc2F)c1. The van der Waals surface area contributed by atoms with Crippen molar-refractivity contribution in [1.29, 1.82) is 0 Å². The van der Waals surface area contributed by atoms with Crippen LogP contribution in [0, 0.1) is 11.6 Å². The maximum atomic E-state index is 13.5. The van der Waals surface area contributed by atoms with Crippen LogP contribution in [0.25, 0.3) is 0 Å². The highest BCUT2D eigenvalue weighted by Gasteiger charge is 2.09. The van der Waals surface area contributed by atoms with E-state index in [1.807, 2.05) is 0 Å². The van der Waals surface area contributed by atoms with Gasteiger partial charge >= 0.3 is 0 Å². The van der Waals surface area contributed by atoms with Crippen LogP contribution in [0.15, 0.2) is 36.4 Å². The van der Waals surface area contributed by atoms with E-state index in [4.69, 9.17) is 9.47 Å². The van der Waals surface area contributed by atoms with Crippen molar-refractivity contribution in [2.45, 2.75) is 6.42 Å². The maximum absolute atomic E-state index is 13.5. The van der Waals surface area contributed by atoms with Crippen LogP contribution in [0.3, 0.4) is 0 Å². The molecule has 0 aliphatic heterocycles. The van der Waals surface area contributed by atoms with E-state index >= 15 is 0 Å². The van der Waals surface area contributed by atoms with Gasteiger partial charge in [-0.05, 0) is 24.3 Å². The monoisotopic (exact) mass is 336 g/mol. The van der Waals surface area contributed by atoms with Crippen molar-refractivity contribution in [1.82, 2.24) is 0 Å². The van der Waals surface area contributed by atoms with Crippen molar-refractivity contribution in [3.05, 3.63) is 48.0 Å². The van der Waals surface area contributed by atoms with Crippen LogP contribution in [0.4, 0.5) is 20.2 Å². The molecule has 0 aromatic heterocycles. The van der Waals surface area contributed by atoms with Gasteiger partial charge in [-0.15, -0.1) is 0 Å². The summed E-state index contributed by atoms with van der Waals surface area (Å²) in [5.41, 5.74) is 0.623. The van der Waals surface area contributed by atoms with Crippen LogP contribution in [0.2, 0.25) is 0 Å². The van der Waals surface area contributed by atoms with Gasteiger partial charge in [-0.3, -0.25) is 4.79 Å². The normalized spacial score (nSPS) is 10.2. The van der Waals surface area contributed by atoms with E-state index in [0.717, 1.165) is 12.1 Å². The fourth-order valence-electron chi connectivity index (χ4n) is 2.07. The van der Waals surface area contributed by atoms with Crippen LogP contribution in [-0.2, 0) is 4.79 Å². The van der Waals surface area contributed by atoms with Crippen LogP contribution in [-0.4, -0.2) is 26.7 Å². The molecule has 0 aliphatic carbocycles. The van der Waals surface area contributed by atoms with Gasteiger partial charge in [0.25, 0.3) is 0 Å². The lowest BCUT2D eigenvalue weighted by molar-refractivity contribution is -0.116. The molecular formula is C17H18F2N2O3. The highest BCUT2D eigenvalue weighted by molar-refractivity contribution is 5.91. The largest absolute Gasteiger partial charge is 0.497 e. The van der Waals surface area contributed by atoms with Gasteiger partial charge in [-0.2, -0.15) is 0 Å². The Morgan fingerprint density at radius 3 is 2.50 bits per heavy atom. The number of rotatable bonds is 7. The Balaban J connectivity index is 1.90. The Morgan fingerprint density at radius 2 is 1.83 bits per heavy atom. The standard InChI is InChI=1S/C17H18F2N2O3/c1-23-12-4-6-16(24-2)15(10-12)20-8-7-17(22)21-14-5-3-11(18)9-13(14)19/h3-6,9-10,20H,7-8H2,1-2H3,(H,21,22). The van der Waals surface area contributed by atoms with Crippen LogP contribution in [0.5, 0.6) is 11.5 Å². The van der Waals surface area contributed by atoms with E-state index in [0.29, 0.717) is 23.7 Å². The number of amides is 1. The van der Waals surface area contributed by atoms with Crippen molar-refractivity contribution < 1.29 is 23.0 Å². The second-order valence-corrected chi connectivity index (χ2v) is 4.92. The molecule has 0 unspecified atom stereocenters. The van der Waals surface area contributed by atoms with Gasteiger partial charge in [0, 0.05) is 25.1 Å². The van der Waals surface area contributed by atoms with E-state index < -0.39 is 17.5 Å². The number of carbonyl (C=O) groups is 1. The fourth-order valence-corrected chi connectivity index (χ4v) is 2.07. The Kier molecular flexibility index (Phi) is 5.95. The molecule has 2 aromatic rings. The molecule has 0 spiro atoms. The van der Waals surface area contributed by atoms with Crippen molar-refractivity contribution >= 4 is 17.3 Å². The predicted molar refractivity (Wildman–Crippen MR) is 87.6 cm³/mol. The average molecular weight is 336 g/mol. The molecule has 7 heteroatoms. The molecule has 0 aliphatic rings. The lowest BCUT2D eigenvalue weighted by Gasteiger charge is -2.12. The molecule has 0 fully saturated rings. The Hall–Kier alpha value is -2.83. The molecule has 2 N–H and O–H groups in total. The first kappa shape index (κ1) is 17.5. The quantitative estimate of drug-likeness (QED) is 0.813. The minimum absolute atomic E-state index is 0.0552. The van der Waals surface area contributed by atoms with Crippen molar-refractivity contribution in [3.8, 4) is 11.5 Å². The molecule has 0 saturated carbocycles. The van der Waals surface area contributed by atoms with E-state index in [9.17, 15) is 13.6 Å². The average Bonchev–Trinajstić information content (AvgIpc) is 2.57. The summed E-state index contributed by atoms with van der Waals surface area (Å²) in [5, 5.41) is 5.46. The van der Waals surface area contributed by atoms with Gasteiger partial charge in [-0.25, -0.2) is 8.78 Å². The molecule has 128 valence electrons. The summed E-state index contributed by atoms with van der Waals surface area (Å²) in [6.45, 7) is 0.304. The topological polar surface area (TPSA) is 59.6 Å². The molecule has 0 saturated heterocycles. The van der Waals surface area contributed by atoms with Gasteiger partial charge in [0.1, 0.15) is 23.1 Å². The Bertz CT molecular complexity index is 723. The smallest absolute Gasteiger partial charge is 0.226 e. The number of methoxy groups -OCH3 is 2. The minimum Gasteiger partial charge on any atom is -0.497 e. The molecule has 2 aromatic carbocycles. The molecule has 0 atom stereocenters. The lowest BCUT2D eigenvalue weighted by Crippen LogP contribution is -2.17. The summed E-state index contributed by atoms with van der Waals surface area (Å²) in [7, 11) is 3.09. The van der Waals surface area contributed by atoms with E-state index in [-0.39, 0.29) is 12.1 Å². The summed E-state index contributed by atoms with van der Waals surface area (Å²) in [4.78, 5) is 11.8. The highest BCUT2D eigenvalue weighted by Crippen LogP contribution is 2.28.